The first-order valence-corrected chi connectivity index (χ1v) is 9.95. The molecule has 1 aliphatic rings. The molecule has 6 nitrogen and oxygen atoms in total. The van der Waals surface area contributed by atoms with Crippen LogP contribution in [0.1, 0.15) is 28.9 Å². The highest BCUT2D eigenvalue weighted by Crippen LogP contribution is 2.41. The summed E-state index contributed by atoms with van der Waals surface area (Å²) in [6, 6.07) is 3.83. The maximum atomic E-state index is 5.74. The van der Waals surface area contributed by atoms with Crippen LogP contribution in [0.15, 0.2) is 24.5 Å². The fraction of sp³-hybridized carbons (Fsp3) is 0.400. The van der Waals surface area contributed by atoms with E-state index in [0.717, 1.165) is 48.0 Å². The van der Waals surface area contributed by atoms with Crippen molar-refractivity contribution in [2.75, 3.05) is 20.3 Å². The molecule has 0 atom stereocenters. The Labute approximate surface area is 162 Å². The van der Waals surface area contributed by atoms with Gasteiger partial charge in [0, 0.05) is 23.3 Å². The smallest absolute Gasteiger partial charge is 0.165 e. The number of thiazole rings is 1. The third-order valence-electron chi connectivity index (χ3n) is 4.54. The molecule has 142 valence electrons. The van der Waals surface area contributed by atoms with Gasteiger partial charge in [0.05, 0.1) is 29.9 Å². The van der Waals surface area contributed by atoms with Gasteiger partial charge in [-0.05, 0) is 25.8 Å². The van der Waals surface area contributed by atoms with Gasteiger partial charge in [-0.25, -0.2) is 9.97 Å². The van der Waals surface area contributed by atoms with Gasteiger partial charge in [0.15, 0.2) is 11.5 Å². The van der Waals surface area contributed by atoms with Gasteiger partial charge in [-0.15, -0.1) is 11.3 Å². The quantitative estimate of drug-likeness (QED) is 0.639. The van der Waals surface area contributed by atoms with E-state index in [2.05, 4.69) is 23.4 Å². The van der Waals surface area contributed by atoms with Crippen molar-refractivity contribution in [1.29, 1.82) is 0 Å². The summed E-state index contributed by atoms with van der Waals surface area (Å²) in [6.07, 6.45) is 5.94. The van der Waals surface area contributed by atoms with Crippen molar-refractivity contribution >= 4 is 11.3 Å². The van der Waals surface area contributed by atoms with Gasteiger partial charge in [0.25, 0.3) is 0 Å². The predicted octanol–water partition coefficient (Wildman–Crippen LogP) is 4.10. The number of nitrogens with zero attached hydrogens (tertiary/aromatic N) is 3. The Balaban J connectivity index is 1.70. The van der Waals surface area contributed by atoms with E-state index in [1.165, 1.54) is 9.88 Å². The highest BCUT2D eigenvalue weighted by atomic mass is 32.1. The maximum Gasteiger partial charge on any atom is 0.165 e. The van der Waals surface area contributed by atoms with Crippen molar-refractivity contribution in [3.05, 3.63) is 40.1 Å². The number of aromatic nitrogens is 3. The lowest BCUT2D eigenvalue weighted by atomic mass is 10.1. The Morgan fingerprint density at radius 3 is 2.74 bits per heavy atom. The lowest BCUT2D eigenvalue weighted by molar-refractivity contribution is 0.171. The molecule has 2 aromatic heterocycles. The molecule has 0 fully saturated rings. The zero-order valence-corrected chi connectivity index (χ0v) is 16.6. The fourth-order valence-corrected chi connectivity index (χ4v) is 4.38. The van der Waals surface area contributed by atoms with Crippen LogP contribution in [0.3, 0.4) is 0 Å². The summed E-state index contributed by atoms with van der Waals surface area (Å²) < 4.78 is 19.1. The molecule has 0 saturated carbocycles. The molecule has 0 N–H and O–H groups in total. The maximum absolute atomic E-state index is 5.74. The first kappa shape index (κ1) is 17.9. The minimum Gasteiger partial charge on any atom is -0.496 e. The second-order valence-electron chi connectivity index (χ2n) is 6.44. The third kappa shape index (κ3) is 3.51. The molecule has 0 radical (unpaired) electrons. The molecule has 3 aromatic rings. The SMILES string of the molecule is CCCc1nc(C)c(Cn2ccnc2-c2cc3c(cc2OC)OCCO3)s1. The van der Waals surface area contributed by atoms with Crippen LogP contribution in [0, 0.1) is 6.92 Å². The van der Waals surface area contributed by atoms with E-state index in [0.29, 0.717) is 19.0 Å². The number of aryl methyl sites for hydroxylation is 2. The Hall–Kier alpha value is -2.54. The average Bonchev–Trinajstić information content (AvgIpc) is 3.28. The second-order valence-corrected chi connectivity index (χ2v) is 7.61. The number of benzene rings is 1. The number of hydrogen-bond acceptors (Lipinski definition) is 6. The molecule has 27 heavy (non-hydrogen) atoms. The van der Waals surface area contributed by atoms with Crippen LogP contribution in [-0.4, -0.2) is 34.9 Å². The minimum atomic E-state index is 0.549. The van der Waals surface area contributed by atoms with Gasteiger partial charge in [-0.3, -0.25) is 0 Å². The highest BCUT2D eigenvalue weighted by molar-refractivity contribution is 7.11. The van der Waals surface area contributed by atoms with E-state index in [-0.39, 0.29) is 0 Å². The van der Waals surface area contributed by atoms with E-state index >= 15 is 0 Å². The Morgan fingerprint density at radius 1 is 1.22 bits per heavy atom. The van der Waals surface area contributed by atoms with Crippen LogP contribution in [-0.2, 0) is 13.0 Å². The van der Waals surface area contributed by atoms with E-state index < -0.39 is 0 Å². The van der Waals surface area contributed by atoms with Crippen LogP contribution in [0.2, 0.25) is 0 Å². The van der Waals surface area contributed by atoms with Crippen molar-refractivity contribution < 1.29 is 14.2 Å². The molecule has 3 heterocycles. The van der Waals surface area contributed by atoms with Crippen molar-refractivity contribution in [2.45, 2.75) is 33.2 Å². The molecule has 0 bridgehead atoms. The summed E-state index contributed by atoms with van der Waals surface area (Å²) in [5.74, 6) is 3.00. The number of rotatable bonds is 6. The number of imidazole rings is 1. The number of ether oxygens (including phenoxy) is 3. The van der Waals surface area contributed by atoms with Crippen molar-refractivity contribution in [3.63, 3.8) is 0 Å². The molecule has 7 heteroatoms. The predicted molar refractivity (Wildman–Crippen MR) is 105 cm³/mol. The van der Waals surface area contributed by atoms with Crippen LogP contribution >= 0.6 is 11.3 Å². The van der Waals surface area contributed by atoms with Crippen LogP contribution in [0.25, 0.3) is 11.4 Å². The minimum absolute atomic E-state index is 0.549. The summed E-state index contributed by atoms with van der Waals surface area (Å²) in [4.78, 5) is 10.5. The number of methoxy groups -OCH3 is 1. The Kier molecular flexibility index (Phi) is 5.03. The molecule has 0 aliphatic carbocycles. The van der Waals surface area contributed by atoms with Crippen LogP contribution < -0.4 is 14.2 Å². The van der Waals surface area contributed by atoms with Gasteiger partial charge in [0.2, 0.25) is 0 Å². The van der Waals surface area contributed by atoms with Crippen LogP contribution in [0.5, 0.6) is 17.2 Å². The van der Waals surface area contributed by atoms with Gasteiger partial charge < -0.3 is 18.8 Å². The monoisotopic (exact) mass is 385 g/mol. The third-order valence-corrected chi connectivity index (χ3v) is 5.74. The molecule has 0 saturated heterocycles. The molecule has 4 rings (SSSR count). The standard InChI is InChI=1S/C20H23N3O3S/c1-4-5-19-22-13(2)18(27-19)12-23-7-6-21-20(23)14-10-16-17(11-15(14)24-3)26-9-8-25-16/h6-7,10-11H,4-5,8-9,12H2,1-3H3. The highest BCUT2D eigenvalue weighted by Gasteiger charge is 2.20. The van der Waals surface area contributed by atoms with Crippen molar-refractivity contribution in [3.8, 4) is 28.6 Å². The van der Waals surface area contributed by atoms with E-state index in [4.69, 9.17) is 19.2 Å². The summed E-state index contributed by atoms with van der Waals surface area (Å²) in [5, 5.41) is 1.20. The van der Waals surface area contributed by atoms with E-state index in [9.17, 15) is 0 Å². The zero-order valence-electron chi connectivity index (χ0n) is 15.8. The molecular weight excluding hydrogens is 362 g/mol. The normalized spacial score (nSPS) is 13.0. The zero-order chi connectivity index (χ0) is 18.8. The first-order valence-electron chi connectivity index (χ1n) is 9.14. The Bertz CT molecular complexity index is 948. The van der Waals surface area contributed by atoms with E-state index in [1.807, 2.05) is 24.5 Å². The molecular formula is C20H23N3O3S. The largest absolute Gasteiger partial charge is 0.496 e. The molecule has 0 amide bonds. The molecule has 0 unspecified atom stereocenters. The average molecular weight is 385 g/mol. The lowest BCUT2D eigenvalue weighted by Crippen LogP contribution is -2.15. The Morgan fingerprint density at radius 2 is 2.00 bits per heavy atom. The van der Waals surface area contributed by atoms with Gasteiger partial charge in [-0.1, -0.05) is 6.92 Å². The van der Waals surface area contributed by atoms with Gasteiger partial charge >= 0.3 is 0 Å². The number of hydrogen-bond donors (Lipinski definition) is 0. The number of fused-ring (bicyclic) bond motifs is 1. The summed E-state index contributed by atoms with van der Waals surface area (Å²) in [5.41, 5.74) is 1.99. The second kappa shape index (κ2) is 7.60. The van der Waals surface area contributed by atoms with Gasteiger partial charge in [-0.2, -0.15) is 0 Å². The topological polar surface area (TPSA) is 58.4 Å². The summed E-state index contributed by atoms with van der Waals surface area (Å²) >= 11 is 1.78. The first-order chi connectivity index (χ1) is 13.2. The molecule has 0 spiro atoms. The molecule has 1 aromatic carbocycles. The lowest BCUT2D eigenvalue weighted by Gasteiger charge is -2.21. The van der Waals surface area contributed by atoms with Crippen molar-refractivity contribution in [1.82, 2.24) is 14.5 Å². The summed E-state index contributed by atoms with van der Waals surface area (Å²) in [7, 11) is 1.66. The van der Waals surface area contributed by atoms with Gasteiger partial charge in [0.1, 0.15) is 24.8 Å². The van der Waals surface area contributed by atoms with Crippen molar-refractivity contribution in [2.24, 2.45) is 0 Å². The van der Waals surface area contributed by atoms with E-state index in [1.54, 1.807) is 18.4 Å². The fourth-order valence-electron chi connectivity index (χ4n) is 3.21. The summed E-state index contributed by atoms with van der Waals surface area (Å²) in [6.45, 7) is 6.09. The van der Waals surface area contributed by atoms with Crippen LogP contribution in [0.4, 0.5) is 0 Å². The molecule has 1 aliphatic heterocycles.